The van der Waals surface area contributed by atoms with Crippen LogP contribution in [-0.2, 0) is 4.79 Å². The second-order valence-corrected chi connectivity index (χ2v) is 6.87. The standard InChI is InChI=1S/C16H22BrN3O/c17-14-5-3-13(4-6-14)15-16(21)19-8-9-20(15)11-12-2-1-7-18-10-12/h3-6,12,15,18H,1-2,7-11H2,(H,19,21). The summed E-state index contributed by atoms with van der Waals surface area (Å²) in [5, 5.41) is 6.47. The van der Waals surface area contributed by atoms with Gasteiger partial charge >= 0.3 is 0 Å². The van der Waals surface area contributed by atoms with Crippen LogP contribution in [0.15, 0.2) is 28.7 Å². The lowest BCUT2D eigenvalue weighted by molar-refractivity contribution is -0.129. The van der Waals surface area contributed by atoms with E-state index in [0.717, 1.165) is 42.8 Å². The van der Waals surface area contributed by atoms with E-state index in [-0.39, 0.29) is 11.9 Å². The Morgan fingerprint density at radius 1 is 1.24 bits per heavy atom. The molecule has 2 unspecified atom stereocenters. The van der Waals surface area contributed by atoms with Crippen molar-refractivity contribution in [3.63, 3.8) is 0 Å². The predicted molar refractivity (Wildman–Crippen MR) is 87.1 cm³/mol. The molecular formula is C16H22BrN3O. The van der Waals surface area contributed by atoms with Crippen LogP contribution >= 0.6 is 15.9 Å². The van der Waals surface area contributed by atoms with Crippen LogP contribution in [0.2, 0.25) is 0 Å². The van der Waals surface area contributed by atoms with Gasteiger partial charge in [0.05, 0.1) is 0 Å². The fourth-order valence-electron chi connectivity index (χ4n) is 3.33. The number of hydrogen-bond acceptors (Lipinski definition) is 3. The van der Waals surface area contributed by atoms with Gasteiger partial charge in [-0.3, -0.25) is 9.69 Å². The summed E-state index contributed by atoms with van der Waals surface area (Å²) in [6.45, 7) is 4.90. The number of carbonyl (C=O) groups is 1. The van der Waals surface area contributed by atoms with E-state index in [4.69, 9.17) is 0 Å². The van der Waals surface area contributed by atoms with Gasteiger partial charge in [-0.1, -0.05) is 28.1 Å². The quantitative estimate of drug-likeness (QED) is 0.874. The second-order valence-electron chi connectivity index (χ2n) is 5.95. The van der Waals surface area contributed by atoms with Gasteiger partial charge in [-0.2, -0.15) is 0 Å². The molecule has 0 aromatic heterocycles. The Hall–Kier alpha value is -0.910. The average molecular weight is 352 g/mol. The molecule has 1 aromatic carbocycles. The Balaban J connectivity index is 1.75. The third-order valence-electron chi connectivity index (χ3n) is 4.39. The summed E-state index contributed by atoms with van der Waals surface area (Å²) in [4.78, 5) is 14.7. The van der Waals surface area contributed by atoms with E-state index in [1.54, 1.807) is 0 Å². The van der Waals surface area contributed by atoms with Crippen molar-refractivity contribution in [2.45, 2.75) is 18.9 Å². The number of piperidine rings is 1. The summed E-state index contributed by atoms with van der Waals surface area (Å²) in [6, 6.07) is 7.97. The van der Waals surface area contributed by atoms with Gasteiger partial charge in [-0.15, -0.1) is 0 Å². The minimum Gasteiger partial charge on any atom is -0.353 e. The van der Waals surface area contributed by atoms with Crippen molar-refractivity contribution in [3.8, 4) is 0 Å². The summed E-state index contributed by atoms with van der Waals surface area (Å²) in [5.74, 6) is 0.787. The number of nitrogens with one attached hydrogen (secondary N) is 2. The largest absolute Gasteiger partial charge is 0.353 e. The highest BCUT2D eigenvalue weighted by molar-refractivity contribution is 9.10. The second kappa shape index (κ2) is 6.90. The topological polar surface area (TPSA) is 44.4 Å². The minimum absolute atomic E-state index is 0.132. The molecule has 2 N–H and O–H groups in total. The molecule has 0 aliphatic carbocycles. The Bertz CT molecular complexity index is 485. The molecule has 2 saturated heterocycles. The molecule has 2 aliphatic heterocycles. The van der Waals surface area contributed by atoms with Crippen LogP contribution in [0.1, 0.15) is 24.4 Å². The molecular weight excluding hydrogens is 330 g/mol. The van der Waals surface area contributed by atoms with E-state index < -0.39 is 0 Å². The maximum Gasteiger partial charge on any atom is 0.242 e. The molecule has 0 bridgehead atoms. The Morgan fingerprint density at radius 3 is 2.76 bits per heavy atom. The molecule has 114 valence electrons. The molecule has 2 fully saturated rings. The summed E-state index contributed by atoms with van der Waals surface area (Å²) in [7, 11) is 0. The third-order valence-corrected chi connectivity index (χ3v) is 4.92. The van der Waals surface area contributed by atoms with Gasteiger partial charge in [0.2, 0.25) is 5.91 Å². The highest BCUT2D eigenvalue weighted by Gasteiger charge is 2.32. The first-order valence-corrected chi connectivity index (χ1v) is 8.51. The first-order chi connectivity index (χ1) is 10.2. The molecule has 5 heteroatoms. The number of hydrogen-bond donors (Lipinski definition) is 2. The number of carbonyl (C=O) groups excluding carboxylic acids is 1. The lowest BCUT2D eigenvalue weighted by Gasteiger charge is -2.38. The Labute approximate surface area is 134 Å². The molecule has 1 amide bonds. The van der Waals surface area contributed by atoms with E-state index in [1.165, 1.54) is 12.8 Å². The summed E-state index contributed by atoms with van der Waals surface area (Å²) in [5.41, 5.74) is 1.08. The van der Waals surface area contributed by atoms with Crippen molar-refractivity contribution in [3.05, 3.63) is 34.3 Å². The normalized spacial score (nSPS) is 27.4. The van der Waals surface area contributed by atoms with Crippen molar-refractivity contribution < 1.29 is 4.79 Å². The zero-order valence-corrected chi connectivity index (χ0v) is 13.7. The predicted octanol–water partition coefficient (Wildman–Crippen LogP) is 1.92. The molecule has 21 heavy (non-hydrogen) atoms. The zero-order chi connectivity index (χ0) is 14.7. The number of rotatable bonds is 3. The van der Waals surface area contributed by atoms with Gasteiger partial charge in [0.15, 0.2) is 0 Å². The van der Waals surface area contributed by atoms with Crippen molar-refractivity contribution >= 4 is 21.8 Å². The van der Waals surface area contributed by atoms with Crippen LogP contribution in [0, 0.1) is 5.92 Å². The SMILES string of the molecule is O=C1NCCN(CC2CCCNC2)C1c1ccc(Br)cc1. The lowest BCUT2D eigenvalue weighted by Crippen LogP contribution is -2.52. The first-order valence-electron chi connectivity index (χ1n) is 7.72. The zero-order valence-electron chi connectivity index (χ0n) is 12.1. The maximum absolute atomic E-state index is 12.4. The van der Waals surface area contributed by atoms with E-state index in [9.17, 15) is 4.79 Å². The van der Waals surface area contributed by atoms with E-state index in [0.29, 0.717) is 5.92 Å². The van der Waals surface area contributed by atoms with Crippen LogP contribution < -0.4 is 10.6 Å². The fraction of sp³-hybridized carbons (Fsp3) is 0.562. The van der Waals surface area contributed by atoms with Gasteiger partial charge in [0, 0.05) is 24.1 Å². The van der Waals surface area contributed by atoms with E-state index in [1.807, 2.05) is 24.3 Å². The molecule has 2 atom stereocenters. The molecule has 4 nitrogen and oxygen atoms in total. The summed E-state index contributed by atoms with van der Waals surface area (Å²) < 4.78 is 1.05. The smallest absolute Gasteiger partial charge is 0.242 e. The highest BCUT2D eigenvalue weighted by Crippen LogP contribution is 2.26. The van der Waals surface area contributed by atoms with Gasteiger partial charge in [-0.25, -0.2) is 0 Å². The van der Waals surface area contributed by atoms with E-state index in [2.05, 4.69) is 31.5 Å². The summed E-state index contributed by atoms with van der Waals surface area (Å²) in [6.07, 6.45) is 2.51. The van der Waals surface area contributed by atoms with Crippen LogP contribution in [0.25, 0.3) is 0 Å². The Kier molecular flexibility index (Phi) is 4.93. The Morgan fingerprint density at radius 2 is 2.05 bits per heavy atom. The highest BCUT2D eigenvalue weighted by atomic mass is 79.9. The van der Waals surface area contributed by atoms with Crippen molar-refractivity contribution in [1.29, 1.82) is 0 Å². The molecule has 0 radical (unpaired) electrons. The van der Waals surface area contributed by atoms with Crippen LogP contribution in [0.5, 0.6) is 0 Å². The third kappa shape index (κ3) is 3.65. The molecule has 2 aliphatic rings. The van der Waals surface area contributed by atoms with Crippen molar-refractivity contribution in [2.24, 2.45) is 5.92 Å². The summed E-state index contributed by atoms with van der Waals surface area (Å²) >= 11 is 3.46. The fourth-order valence-corrected chi connectivity index (χ4v) is 3.59. The monoisotopic (exact) mass is 351 g/mol. The number of nitrogens with zero attached hydrogens (tertiary/aromatic N) is 1. The number of amides is 1. The molecule has 0 saturated carbocycles. The number of piperazine rings is 1. The number of halogens is 1. The lowest BCUT2D eigenvalue weighted by atomic mass is 9.96. The first kappa shape index (κ1) is 15.0. The number of benzene rings is 1. The van der Waals surface area contributed by atoms with Crippen molar-refractivity contribution in [1.82, 2.24) is 15.5 Å². The van der Waals surface area contributed by atoms with Gasteiger partial charge in [0.25, 0.3) is 0 Å². The molecule has 3 rings (SSSR count). The maximum atomic E-state index is 12.4. The van der Waals surface area contributed by atoms with Crippen LogP contribution in [0.4, 0.5) is 0 Å². The van der Waals surface area contributed by atoms with Crippen LogP contribution in [0.3, 0.4) is 0 Å². The minimum atomic E-state index is -0.145. The van der Waals surface area contributed by atoms with Gasteiger partial charge in [0.1, 0.15) is 6.04 Å². The van der Waals surface area contributed by atoms with Crippen LogP contribution in [-0.4, -0.2) is 43.5 Å². The van der Waals surface area contributed by atoms with Gasteiger partial charge < -0.3 is 10.6 Å². The molecule has 2 heterocycles. The van der Waals surface area contributed by atoms with Gasteiger partial charge in [-0.05, 0) is 49.5 Å². The molecule has 0 spiro atoms. The molecule has 1 aromatic rings. The average Bonchev–Trinajstić information content (AvgIpc) is 2.50. The van der Waals surface area contributed by atoms with Crippen molar-refractivity contribution in [2.75, 3.05) is 32.7 Å². The van der Waals surface area contributed by atoms with E-state index >= 15 is 0 Å².